The fourth-order valence-electron chi connectivity index (χ4n) is 2.59. The number of ether oxygens (including phenoxy) is 1. The Kier molecular flexibility index (Phi) is 4.11. The van der Waals surface area contributed by atoms with Gasteiger partial charge in [-0.25, -0.2) is 0 Å². The minimum atomic E-state index is -0.154. The van der Waals surface area contributed by atoms with Crippen LogP contribution in [0.2, 0.25) is 0 Å². The summed E-state index contributed by atoms with van der Waals surface area (Å²) in [4.78, 5) is 14.4. The number of benzene rings is 1. The van der Waals surface area contributed by atoms with Crippen molar-refractivity contribution in [2.75, 3.05) is 29.9 Å². The summed E-state index contributed by atoms with van der Waals surface area (Å²) in [6, 6.07) is 7.89. The van der Waals surface area contributed by atoms with Crippen molar-refractivity contribution < 1.29 is 9.53 Å². The molecule has 1 atom stereocenters. The maximum Gasteiger partial charge on any atom is 0.259 e. The smallest absolute Gasteiger partial charge is 0.259 e. The van der Waals surface area contributed by atoms with E-state index in [1.807, 2.05) is 31.2 Å². The maximum absolute atomic E-state index is 12.1. The van der Waals surface area contributed by atoms with Crippen LogP contribution in [0.4, 0.5) is 11.4 Å². The lowest BCUT2D eigenvalue weighted by atomic mass is 10.2. The van der Waals surface area contributed by atoms with Gasteiger partial charge in [0.1, 0.15) is 0 Å². The van der Waals surface area contributed by atoms with Crippen LogP contribution in [0.3, 0.4) is 0 Å². The molecule has 0 spiro atoms. The number of hydrogen-bond donors (Lipinski definition) is 2. The third-order valence-corrected chi connectivity index (χ3v) is 3.81. The minimum Gasteiger partial charge on any atom is -0.375 e. The molecular weight excluding hydrogens is 280 g/mol. The number of rotatable bonds is 3. The average molecular weight is 300 g/mol. The summed E-state index contributed by atoms with van der Waals surface area (Å²) in [6.07, 6.45) is 1.78. The summed E-state index contributed by atoms with van der Waals surface area (Å²) in [5.74, 6) is -0.154. The highest BCUT2D eigenvalue weighted by molar-refractivity contribution is 6.04. The lowest BCUT2D eigenvalue weighted by molar-refractivity contribution is 0.0532. The summed E-state index contributed by atoms with van der Waals surface area (Å²) in [6.45, 7) is 6.43. The molecule has 1 saturated heterocycles. The van der Waals surface area contributed by atoms with E-state index in [9.17, 15) is 4.79 Å². The van der Waals surface area contributed by atoms with Crippen LogP contribution in [-0.2, 0) is 4.74 Å². The van der Waals surface area contributed by atoms with Gasteiger partial charge in [0.25, 0.3) is 5.91 Å². The summed E-state index contributed by atoms with van der Waals surface area (Å²) < 4.78 is 5.55. The summed E-state index contributed by atoms with van der Waals surface area (Å²) >= 11 is 0. The van der Waals surface area contributed by atoms with Crippen molar-refractivity contribution in [3.8, 4) is 0 Å². The first-order chi connectivity index (χ1) is 10.6. The number of nitrogens with one attached hydrogen (secondary N) is 2. The average Bonchev–Trinajstić information content (AvgIpc) is 2.94. The van der Waals surface area contributed by atoms with Crippen molar-refractivity contribution in [3.05, 3.63) is 41.7 Å². The van der Waals surface area contributed by atoms with Gasteiger partial charge in [-0.1, -0.05) is 0 Å². The number of aromatic amines is 1. The first-order valence-corrected chi connectivity index (χ1v) is 7.41. The standard InChI is InChI=1S/C16H20N4O2/c1-11-10-20(7-8-22-11)14-5-3-13(4-6-14)18-16(21)15-9-17-19-12(15)2/h3-6,9,11H,7-8,10H2,1-2H3,(H,17,19)(H,18,21)/t11-/m0/s1. The molecule has 0 aliphatic carbocycles. The number of aromatic nitrogens is 2. The zero-order chi connectivity index (χ0) is 15.5. The van der Waals surface area contributed by atoms with Crippen LogP contribution in [0.15, 0.2) is 30.5 Å². The van der Waals surface area contributed by atoms with Gasteiger partial charge in [0, 0.05) is 30.2 Å². The molecule has 1 aromatic carbocycles. The predicted octanol–water partition coefficient (Wildman–Crippen LogP) is 2.20. The molecule has 116 valence electrons. The second kappa shape index (κ2) is 6.19. The topological polar surface area (TPSA) is 70.2 Å². The lowest BCUT2D eigenvalue weighted by Crippen LogP contribution is -2.41. The minimum absolute atomic E-state index is 0.154. The number of aryl methyl sites for hydroxylation is 1. The van der Waals surface area contributed by atoms with Crippen LogP contribution < -0.4 is 10.2 Å². The molecule has 0 unspecified atom stereocenters. The number of morpholine rings is 1. The molecule has 1 aliphatic heterocycles. The molecule has 6 heteroatoms. The number of anilines is 2. The highest BCUT2D eigenvalue weighted by atomic mass is 16.5. The van der Waals surface area contributed by atoms with E-state index in [0.29, 0.717) is 5.56 Å². The molecule has 2 heterocycles. The van der Waals surface area contributed by atoms with E-state index in [4.69, 9.17) is 4.74 Å². The fourth-order valence-corrected chi connectivity index (χ4v) is 2.59. The molecule has 6 nitrogen and oxygen atoms in total. The third-order valence-electron chi connectivity index (χ3n) is 3.81. The van der Waals surface area contributed by atoms with Crippen molar-refractivity contribution in [3.63, 3.8) is 0 Å². The van der Waals surface area contributed by atoms with Gasteiger partial charge < -0.3 is 15.0 Å². The highest BCUT2D eigenvalue weighted by Gasteiger charge is 2.17. The molecule has 1 fully saturated rings. The van der Waals surface area contributed by atoms with Gasteiger partial charge >= 0.3 is 0 Å². The van der Waals surface area contributed by atoms with Gasteiger partial charge in [0.2, 0.25) is 0 Å². The Morgan fingerprint density at radius 3 is 2.82 bits per heavy atom. The van der Waals surface area contributed by atoms with E-state index >= 15 is 0 Å². The van der Waals surface area contributed by atoms with Gasteiger partial charge in [-0.05, 0) is 38.1 Å². The first kappa shape index (κ1) is 14.6. The first-order valence-electron chi connectivity index (χ1n) is 7.41. The van der Waals surface area contributed by atoms with E-state index < -0.39 is 0 Å². The largest absolute Gasteiger partial charge is 0.375 e. The van der Waals surface area contributed by atoms with E-state index in [2.05, 4.69) is 27.3 Å². The number of amides is 1. The van der Waals surface area contributed by atoms with Crippen molar-refractivity contribution in [2.45, 2.75) is 20.0 Å². The molecule has 1 amide bonds. The second-order valence-corrected chi connectivity index (χ2v) is 5.54. The molecule has 3 rings (SSSR count). The normalized spacial score (nSPS) is 18.3. The van der Waals surface area contributed by atoms with E-state index in [-0.39, 0.29) is 12.0 Å². The number of H-pyrrole nitrogens is 1. The van der Waals surface area contributed by atoms with Crippen molar-refractivity contribution in [1.29, 1.82) is 0 Å². The Morgan fingerprint density at radius 2 is 2.18 bits per heavy atom. The Hall–Kier alpha value is -2.34. The third kappa shape index (κ3) is 3.12. The number of carbonyl (C=O) groups excluding carboxylic acids is 1. The van der Waals surface area contributed by atoms with Crippen molar-refractivity contribution in [1.82, 2.24) is 10.2 Å². The molecule has 0 radical (unpaired) electrons. The summed E-state index contributed by atoms with van der Waals surface area (Å²) in [5, 5.41) is 9.51. The van der Waals surface area contributed by atoms with Crippen LogP contribution in [0, 0.1) is 6.92 Å². The zero-order valence-corrected chi connectivity index (χ0v) is 12.8. The SMILES string of the molecule is Cc1[nH]ncc1C(=O)Nc1ccc(N2CCO[C@@H](C)C2)cc1. The van der Waals surface area contributed by atoms with E-state index in [1.54, 1.807) is 0 Å². The van der Waals surface area contributed by atoms with Crippen LogP contribution in [0.1, 0.15) is 23.0 Å². The Bertz CT molecular complexity index is 650. The van der Waals surface area contributed by atoms with Crippen molar-refractivity contribution >= 4 is 17.3 Å². The molecule has 2 N–H and O–H groups in total. The monoisotopic (exact) mass is 300 g/mol. The summed E-state index contributed by atoms with van der Waals surface area (Å²) in [5.41, 5.74) is 3.24. The van der Waals surface area contributed by atoms with Gasteiger partial charge in [0.15, 0.2) is 0 Å². The van der Waals surface area contributed by atoms with E-state index in [1.165, 1.54) is 6.20 Å². The van der Waals surface area contributed by atoms with Gasteiger partial charge in [-0.2, -0.15) is 5.10 Å². The maximum atomic E-state index is 12.1. The number of nitrogens with zero attached hydrogens (tertiary/aromatic N) is 2. The van der Waals surface area contributed by atoms with E-state index in [0.717, 1.165) is 36.8 Å². The number of carbonyl (C=O) groups is 1. The fraction of sp³-hybridized carbons (Fsp3) is 0.375. The van der Waals surface area contributed by atoms with Gasteiger partial charge in [-0.15, -0.1) is 0 Å². The van der Waals surface area contributed by atoms with Gasteiger partial charge in [-0.3, -0.25) is 9.89 Å². The Labute approximate surface area is 129 Å². The van der Waals surface area contributed by atoms with Crippen LogP contribution in [0.5, 0.6) is 0 Å². The molecule has 1 aliphatic rings. The molecular formula is C16H20N4O2. The molecule has 0 bridgehead atoms. The predicted molar refractivity (Wildman–Crippen MR) is 85.3 cm³/mol. The van der Waals surface area contributed by atoms with Crippen LogP contribution in [0.25, 0.3) is 0 Å². The lowest BCUT2D eigenvalue weighted by Gasteiger charge is -2.33. The second-order valence-electron chi connectivity index (χ2n) is 5.54. The van der Waals surface area contributed by atoms with Crippen LogP contribution >= 0.6 is 0 Å². The van der Waals surface area contributed by atoms with Crippen molar-refractivity contribution in [2.24, 2.45) is 0 Å². The molecule has 1 aromatic heterocycles. The number of hydrogen-bond acceptors (Lipinski definition) is 4. The van der Waals surface area contributed by atoms with Gasteiger partial charge in [0.05, 0.1) is 24.5 Å². The quantitative estimate of drug-likeness (QED) is 0.911. The Balaban J connectivity index is 1.67. The summed E-state index contributed by atoms with van der Waals surface area (Å²) in [7, 11) is 0. The molecule has 0 saturated carbocycles. The van der Waals surface area contributed by atoms with Crippen LogP contribution in [-0.4, -0.2) is 41.9 Å². The zero-order valence-electron chi connectivity index (χ0n) is 12.8. The molecule has 2 aromatic rings. The Morgan fingerprint density at radius 1 is 1.41 bits per heavy atom. The molecule has 22 heavy (non-hydrogen) atoms. The highest BCUT2D eigenvalue weighted by Crippen LogP contribution is 2.21.